The van der Waals surface area contributed by atoms with Crippen molar-refractivity contribution >= 4 is 16.9 Å². The molecular formula is C29H41N3O2. The second-order valence-electron chi connectivity index (χ2n) is 11.1. The fourth-order valence-corrected chi connectivity index (χ4v) is 5.69. The van der Waals surface area contributed by atoms with Gasteiger partial charge in [-0.3, -0.25) is 4.90 Å². The van der Waals surface area contributed by atoms with Crippen LogP contribution in [-0.2, 0) is 11.3 Å². The second-order valence-corrected chi connectivity index (χ2v) is 11.1. The number of anilines is 2. The highest BCUT2D eigenvalue weighted by molar-refractivity contribution is 5.80. The smallest absolute Gasteiger partial charge is 0.117 e. The van der Waals surface area contributed by atoms with Gasteiger partial charge in [-0.2, -0.15) is 0 Å². The average molecular weight is 464 g/mol. The van der Waals surface area contributed by atoms with Gasteiger partial charge in [0.15, 0.2) is 0 Å². The highest BCUT2D eigenvalue weighted by Crippen LogP contribution is 2.42. The van der Waals surface area contributed by atoms with Crippen LogP contribution in [0.1, 0.15) is 57.3 Å². The predicted octanol–water partition coefficient (Wildman–Crippen LogP) is 5.81. The lowest BCUT2D eigenvalue weighted by Crippen LogP contribution is -2.46. The van der Waals surface area contributed by atoms with Gasteiger partial charge in [0, 0.05) is 63.3 Å². The molecule has 1 aromatic heterocycles. The summed E-state index contributed by atoms with van der Waals surface area (Å²) >= 11 is 0. The molecule has 0 spiro atoms. The van der Waals surface area contributed by atoms with Crippen LogP contribution in [0, 0.1) is 5.41 Å². The van der Waals surface area contributed by atoms with Crippen molar-refractivity contribution < 1.29 is 9.15 Å². The number of hydrogen-bond donors (Lipinski definition) is 0. The van der Waals surface area contributed by atoms with Crippen molar-refractivity contribution in [3.05, 3.63) is 54.0 Å². The number of benzene rings is 1. The number of hydrogen-bond acceptors (Lipinski definition) is 5. The maximum Gasteiger partial charge on any atom is 0.117 e. The fourth-order valence-electron chi connectivity index (χ4n) is 5.69. The minimum atomic E-state index is 0.413. The summed E-state index contributed by atoms with van der Waals surface area (Å²) in [4.78, 5) is 7.67. The normalized spacial score (nSPS) is 22.1. The van der Waals surface area contributed by atoms with E-state index in [0.717, 1.165) is 64.4 Å². The zero-order valence-electron chi connectivity index (χ0n) is 21.3. The van der Waals surface area contributed by atoms with Crippen molar-refractivity contribution in [2.24, 2.45) is 5.41 Å². The van der Waals surface area contributed by atoms with Gasteiger partial charge in [-0.05, 0) is 73.4 Å². The van der Waals surface area contributed by atoms with Gasteiger partial charge in [-0.25, -0.2) is 0 Å². The monoisotopic (exact) mass is 463 g/mol. The summed E-state index contributed by atoms with van der Waals surface area (Å²) in [5.74, 6) is 1.06. The summed E-state index contributed by atoms with van der Waals surface area (Å²) in [6, 6.07) is 11.3. The number of ether oxygens (including phenoxy) is 1. The highest BCUT2D eigenvalue weighted by Gasteiger charge is 2.27. The molecule has 2 aromatic rings. The molecule has 1 aliphatic carbocycles. The molecule has 0 bridgehead atoms. The average Bonchev–Trinajstić information content (AvgIpc) is 3.37. The SMILES string of the molecule is COC1CCN(c2ccc(N3CCN(Cc4ccco4)CC3)c(C3=CCC(C)(C)CC3)c2)CC1. The minimum Gasteiger partial charge on any atom is -0.468 e. The Morgan fingerprint density at radius 1 is 1.00 bits per heavy atom. The van der Waals surface area contributed by atoms with Crippen LogP contribution in [0.25, 0.3) is 5.57 Å². The van der Waals surface area contributed by atoms with Crippen LogP contribution in [0.15, 0.2) is 47.1 Å². The maximum atomic E-state index is 5.60. The molecule has 5 nitrogen and oxygen atoms in total. The molecule has 0 amide bonds. The molecule has 5 rings (SSSR count). The van der Waals surface area contributed by atoms with Crippen LogP contribution in [0.4, 0.5) is 11.4 Å². The molecule has 0 N–H and O–H groups in total. The largest absolute Gasteiger partial charge is 0.468 e. The van der Waals surface area contributed by atoms with E-state index in [2.05, 4.69) is 58.9 Å². The van der Waals surface area contributed by atoms with Crippen LogP contribution < -0.4 is 9.80 Å². The molecule has 0 unspecified atom stereocenters. The maximum absolute atomic E-state index is 5.60. The summed E-state index contributed by atoms with van der Waals surface area (Å²) in [5.41, 5.74) is 6.21. The third kappa shape index (κ3) is 5.36. The van der Waals surface area contributed by atoms with E-state index < -0.39 is 0 Å². The lowest BCUT2D eigenvalue weighted by molar-refractivity contribution is 0.0819. The van der Waals surface area contributed by atoms with Gasteiger partial charge >= 0.3 is 0 Å². The molecule has 184 valence electrons. The Bertz CT molecular complexity index is 965. The van der Waals surface area contributed by atoms with E-state index >= 15 is 0 Å². The number of piperidine rings is 1. The first-order valence-corrected chi connectivity index (χ1v) is 13.1. The van der Waals surface area contributed by atoms with Crippen molar-refractivity contribution in [2.75, 3.05) is 56.2 Å². The Labute approximate surface area is 205 Å². The molecule has 34 heavy (non-hydrogen) atoms. The third-order valence-corrected chi connectivity index (χ3v) is 8.11. The van der Waals surface area contributed by atoms with Gasteiger partial charge in [-0.1, -0.05) is 19.9 Å². The van der Waals surface area contributed by atoms with Crippen molar-refractivity contribution in [3.63, 3.8) is 0 Å². The van der Waals surface area contributed by atoms with Crippen molar-refractivity contribution in [3.8, 4) is 0 Å². The molecule has 0 radical (unpaired) electrons. The van der Waals surface area contributed by atoms with E-state index in [9.17, 15) is 0 Å². The summed E-state index contributed by atoms with van der Waals surface area (Å²) in [6.45, 7) is 12.1. The van der Waals surface area contributed by atoms with Gasteiger partial charge < -0.3 is 19.0 Å². The summed E-state index contributed by atoms with van der Waals surface area (Å²) in [5, 5.41) is 0. The zero-order valence-corrected chi connectivity index (χ0v) is 21.3. The summed E-state index contributed by atoms with van der Waals surface area (Å²) in [6.07, 6.45) is 10.5. The first-order chi connectivity index (χ1) is 16.5. The van der Waals surface area contributed by atoms with Crippen LogP contribution in [0.2, 0.25) is 0 Å². The Balaban J connectivity index is 1.35. The van der Waals surface area contributed by atoms with Gasteiger partial charge in [0.1, 0.15) is 5.76 Å². The number of allylic oxidation sites excluding steroid dienone is 2. The van der Waals surface area contributed by atoms with Gasteiger partial charge in [0.05, 0.1) is 18.9 Å². The zero-order chi connectivity index (χ0) is 23.5. The molecule has 2 saturated heterocycles. The van der Waals surface area contributed by atoms with Crippen LogP contribution in [-0.4, -0.2) is 57.4 Å². The predicted molar refractivity (Wildman–Crippen MR) is 140 cm³/mol. The number of piperazine rings is 1. The molecule has 1 aromatic carbocycles. The summed E-state index contributed by atoms with van der Waals surface area (Å²) in [7, 11) is 1.85. The number of rotatable bonds is 6. The third-order valence-electron chi connectivity index (χ3n) is 8.11. The molecule has 2 aliphatic heterocycles. The van der Waals surface area contributed by atoms with E-state index in [-0.39, 0.29) is 0 Å². The van der Waals surface area contributed by atoms with E-state index in [0.29, 0.717) is 11.5 Å². The Kier molecular flexibility index (Phi) is 7.03. The highest BCUT2D eigenvalue weighted by atomic mass is 16.5. The molecule has 0 atom stereocenters. The van der Waals surface area contributed by atoms with Crippen LogP contribution >= 0.6 is 0 Å². The van der Waals surface area contributed by atoms with Crippen LogP contribution in [0.5, 0.6) is 0 Å². The number of nitrogens with zero attached hydrogens (tertiary/aromatic N) is 3. The number of furan rings is 1. The molecule has 0 saturated carbocycles. The van der Waals surface area contributed by atoms with Gasteiger partial charge in [0.25, 0.3) is 0 Å². The number of methoxy groups -OCH3 is 1. The van der Waals surface area contributed by atoms with Gasteiger partial charge in [0.2, 0.25) is 0 Å². The van der Waals surface area contributed by atoms with Crippen molar-refractivity contribution in [1.29, 1.82) is 0 Å². The molecular weight excluding hydrogens is 422 g/mol. The minimum absolute atomic E-state index is 0.413. The molecule has 3 aliphatic rings. The molecule has 3 heterocycles. The quantitative estimate of drug-likeness (QED) is 0.540. The lowest BCUT2D eigenvalue weighted by atomic mass is 9.76. The first-order valence-electron chi connectivity index (χ1n) is 13.1. The Hall–Kier alpha value is -2.24. The first kappa shape index (κ1) is 23.5. The lowest BCUT2D eigenvalue weighted by Gasteiger charge is -2.38. The molecule has 2 fully saturated rings. The van der Waals surface area contributed by atoms with Gasteiger partial charge in [-0.15, -0.1) is 0 Å². The van der Waals surface area contributed by atoms with E-state index in [4.69, 9.17) is 9.15 Å². The van der Waals surface area contributed by atoms with E-state index in [1.807, 2.05) is 13.2 Å². The van der Waals surface area contributed by atoms with E-state index in [1.165, 1.54) is 36.2 Å². The van der Waals surface area contributed by atoms with Crippen molar-refractivity contribution in [2.45, 2.75) is 58.6 Å². The standard InChI is InChI=1S/C29H41N3O2/c1-29(2)12-8-23(9-13-29)27-21-24(31-14-10-25(33-3)11-15-31)6-7-28(27)32-18-16-30(17-19-32)22-26-5-4-20-34-26/h4-8,20-21,25H,9-19,22H2,1-3H3. The fraction of sp³-hybridized carbons (Fsp3) is 0.586. The topological polar surface area (TPSA) is 32.1 Å². The summed E-state index contributed by atoms with van der Waals surface area (Å²) < 4.78 is 11.2. The van der Waals surface area contributed by atoms with E-state index in [1.54, 1.807) is 11.8 Å². The second kappa shape index (κ2) is 10.2. The van der Waals surface area contributed by atoms with Crippen LogP contribution in [0.3, 0.4) is 0 Å². The Morgan fingerprint density at radius 2 is 1.79 bits per heavy atom. The van der Waals surface area contributed by atoms with Crippen molar-refractivity contribution in [1.82, 2.24) is 4.90 Å². The molecule has 5 heteroatoms. The Morgan fingerprint density at radius 3 is 2.44 bits per heavy atom.